The van der Waals surface area contributed by atoms with Gasteiger partial charge >= 0.3 is 5.97 Å². The summed E-state index contributed by atoms with van der Waals surface area (Å²) in [4.78, 5) is 10.6. The minimum absolute atomic E-state index is 0.00336. The second-order valence-corrected chi connectivity index (χ2v) is 5.87. The van der Waals surface area contributed by atoms with E-state index in [4.69, 9.17) is 11.6 Å². The molecule has 0 aromatic heterocycles. The summed E-state index contributed by atoms with van der Waals surface area (Å²) in [6, 6.07) is 3.66. The topological polar surface area (TPSA) is 63.7 Å². The molecule has 19 heavy (non-hydrogen) atoms. The fraction of sp³-hybridized carbons (Fsp3) is 0.364. The Kier molecular flexibility index (Phi) is 5.28. The van der Waals surface area contributed by atoms with Crippen LogP contribution in [-0.4, -0.2) is 38.9 Å². The van der Waals surface area contributed by atoms with E-state index in [-0.39, 0.29) is 11.6 Å². The van der Waals surface area contributed by atoms with Gasteiger partial charge in [0.2, 0.25) is 10.0 Å². The maximum absolute atomic E-state index is 13.8. The molecular weight excluding hydrogens is 297 g/mol. The number of esters is 1. The third-order valence-electron chi connectivity index (χ3n) is 2.42. The number of nitrogens with zero attached hydrogens (tertiary/aromatic N) is 1. The zero-order chi connectivity index (χ0) is 14.6. The quantitative estimate of drug-likeness (QED) is 0.776. The van der Waals surface area contributed by atoms with Crippen LogP contribution in [0, 0.1) is 5.82 Å². The summed E-state index contributed by atoms with van der Waals surface area (Å²) < 4.78 is 43.4. The average Bonchev–Trinajstić information content (AvgIpc) is 2.38. The number of benzene rings is 1. The largest absolute Gasteiger partial charge is 0.468 e. The molecule has 0 radical (unpaired) electrons. The smallest absolute Gasteiger partial charge is 0.321 e. The van der Waals surface area contributed by atoms with E-state index in [0.717, 1.165) is 17.5 Å². The molecule has 106 valence electrons. The molecule has 0 spiro atoms. The SMILES string of the molecule is CCN(CC(=O)OC)S(=O)(=O)c1cccc(Cl)c1F. The van der Waals surface area contributed by atoms with Crippen LogP contribution in [-0.2, 0) is 19.6 Å². The van der Waals surface area contributed by atoms with Gasteiger partial charge in [0, 0.05) is 6.54 Å². The van der Waals surface area contributed by atoms with E-state index in [2.05, 4.69) is 4.74 Å². The number of carbonyl (C=O) groups excluding carboxylic acids is 1. The first-order chi connectivity index (χ1) is 8.84. The first kappa shape index (κ1) is 15.9. The molecule has 0 amide bonds. The number of halogens is 2. The molecular formula is C11H13ClFNO4S. The van der Waals surface area contributed by atoms with E-state index in [0.29, 0.717) is 0 Å². The molecule has 1 rings (SSSR count). The first-order valence-electron chi connectivity index (χ1n) is 5.35. The fourth-order valence-electron chi connectivity index (χ4n) is 1.40. The number of sulfonamides is 1. The van der Waals surface area contributed by atoms with Gasteiger partial charge in [-0.15, -0.1) is 0 Å². The van der Waals surface area contributed by atoms with Crippen molar-refractivity contribution in [3.05, 3.63) is 29.0 Å². The summed E-state index contributed by atoms with van der Waals surface area (Å²) in [6.45, 7) is 1.05. The first-order valence-corrected chi connectivity index (χ1v) is 7.17. The number of hydrogen-bond acceptors (Lipinski definition) is 4. The van der Waals surface area contributed by atoms with Crippen LogP contribution in [0.5, 0.6) is 0 Å². The minimum atomic E-state index is -4.14. The molecule has 0 fully saturated rings. The van der Waals surface area contributed by atoms with E-state index in [1.165, 1.54) is 19.1 Å². The van der Waals surface area contributed by atoms with Gasteiger partial charge < -0.3 is 4.74 Å². The van der Waals surface area contributed by atoms with Crippen molar-refractivity contribution in [1.82, 2.24) is 4.31 Å². The van der Waals surface area contributed by atoms with Gasteiger partial charge in [-0.25, -0.2) is 12.8 Å². The zero-order valence-electron chi connectivity index (χ0n) is 10.4. The highest BCUT2D eigenvalue weighted by Gasteiger charge is 2.29. The van der Waals surface area contributed by atoms with Crippen LogP contribution < -0.4 is 0 Å². The van der Waals surface area contributed by atoms with Crippen LogP contribution in [0.15, 0.2) is 23.1 Å². The van der Waals surface area contributed by atoms with Crippen LogP contribution >= 0.6 is 11.6 Å². The van der Waals surface area contributed by atoms with Crippen LogP contribution in [0.3, 0.4) is 0 Å². The van der Waals surface area contributed by atoms with Gasteiger partial charge in [-0.05, 0) is 12.1 Å². The van der Waals surface area contributed by atoms with Crippen molar-refractivity contribution in [3.8, 4) is 0 Å². The lowest BCUT2D eigenvalue weighted by molar-refractivity contribution is -0.140. The lowest BCUT2D eigenvalue weighted by Crippen LogP contribution is -2.36. The Bertz CT molecular complexity index is 576. The molecule has 1 aromatic carbocycles. The Hall–Kier alpha value is -1.18. The molecule has 5 nitrogen and oxygen atoms in total. The van der Waals surface area contributed by atoms with Crippen molar-refractivity contribution >= 4 is 27.6 Å². The van der Waals surface area contributed by atoms with Crippen LogP contribution in [0.2, 0.25) is 5.02 Å². The summed E-state index contributed by atoms with van der Waals surface area (Å²) in [6.07, 6.45) is 0. The Balaban J connectivity index is 3.21. The lowest BCUT2D eigenvalue weighted by atomic mass is 10.3. The second-order valence-electron chi connectivity index (χ2n) is 3.56. The van der Waals surface area contributed by atoms with Gasteiger partial charge in [-0.2, -0.15) is 4.31 Å². The third-order valence-corrected chi connectivity index (χ3v) is 4.65. The molecule has 0 heterocycles. The average molecular weight is 310 g/mol. The standard InChI is InChI=1S/C11H13ClFNO4S/c1-3-14(7-10(15)18-2)19(16,17)9-6-4-5-8(12)11(9)13/h4-6H,3,7H2,1-2H3. The van der Waals surface area contributed by atoms with Gasteiger partial charge in [0.25, 0.3) is 0 Å². The van der Waals surface area contributed by atoms with E-state index in [1.807, 2.05) is 0 Å². The van der Waals surface area contributed by atoms with Crippen LogP contribution in [0.25, 0.3) is 0 Å². The molecule has 0 bridgehead atoms. The molecule has 0 N–H and O–H groups in total. The highest BCUT2D eigenvalue weighted by atomic mass is 35.5. The summed E-state index contributed by atoms with van der Waals surface area (Å²) in [7, 11) is -2.99. The summed E-state index contributed by atoms with van der Waals surface area (Å²) in [5, 5.41) is -0.296. The van der Waals surface area contributed by atoms with Gasteiger partial charge in [0.05, 0.1) is 12.1 Å². The van der Waals surface area contributed by atoms with Crippen molar-refractivity contribution in [2.45, 2.75) is 11.8 Å². The Labute approximate surface area is 116 Å². The van der Waals surface area contributed by atoms with Gasteiger partial charge in [0.15, 0.2) is 5.82 Å². The molecule has 0 aliphatic rings. The molecule has 0 saturated carbocycles. The number of rotatable bonds is 5. The minimum Gasteiger partial charge on any atom is -0.468 e. The highest BCUT2D eigenvalue weighted by Crippen LogP contribution is 2.24. The van der Waals surface area contributed by atoms with Crippen LogP contribution in [0.4, 0.5) is 4.39 Å². The van der Waals surface area contributed by atoms with E-state index in [9.17, 15) is 17.6 Å². The van der Waals surface area contributed by atoms with Crippen molar-refractivity contribution in [1.29, 1.82) is 0 Å². The van der Waals surface area contributed by atoms with Crippen molar-refractivity contribution in [3.63, 3.8) is 0 Å². The van der Waals surface area contributed by atoms with E-state index in [1.54, 1.807) is 0 Å². The van der Waals surface area contributed by atoms with Gasteiger partial charge in [0.1, 0.15) is 11.4 Å². The maximum Gasteiger partial charge on any atom is 0.321 e. The second kappa shape index (κ2) is 6.31. The molecule has 0 aliphatic heterocycles. The number of hydrogen-bond donors (Lipinski definition) is 0. The molecule has 8 heteroatoms. The summed E-state index contributed by atoms with van der Waals surface area (Å²) in [5.74, 6) is -1.76. The van der Waals surface area contributed by atoms with Gasteiger partial charge in [-0.1, -0.05) is 24.6 Å². The predicted molar refractivity (Wildman–Crippen MR) is 67.9 cm³/mol. The van der Waals surface area contributed by atoms with Crippen LogP contribution in [0.1, 0.15) is 6.92 Å². The Morgan fingerprint density at radius 1 is 1.47 bits per heavy atom. The van der Waals surface area contributed by atoms with Gasteiger partial charge in [-0.3, -0.25) is 4.79 Å². The molecule has 0 aliphatic carbocycles. The number of methoxy groups -OCH3 is 1. The third kappa shape index (κ3) is 3.43. The summed E-state index contributed by atoms with van der Waals surface area (Å²) in [5.41, 5.74) is 0. The summed E-state index contributed by atoms with van der Waals surface area (Å²) >= 11 is 5.55. The Morgan fingerprint density at radius 3 is 2.63 bits per heavy atom. The van der Waals surface area contributed by atoms with Crippen molar-refractivity contribution < 1.29 is 22.3 Å². The van der Waals surface area contributed by atoms with E-state index < -0.39 is 33.3 Å². The van der Waals surface area contributed by atoms with Crippen molar-refractivity contribution in [2.24, 2.45) is 0 Å². The Morgan fingerprint density at radius 2 is 2.11 bits per heavy atom. The highest BCUT2D eigenvalue weighted by molar-refractivity contribution is 7.89. The maximum atomic E-state index is 13.8. The number of likely N-dealkylation sites (N-methyl/N-ethyl adjacent to an activating group) is 1. The van der Waals surface area contributed by atoms with E-state index >= 15 is 0 Å². The normalized spacial score (nSPS) is 11.6. The van der Waals surface area contributed by atoms with Crippen molar-refractivity contribution in [2.75, 3.05) is 20.2 Å². The number of ether oxygens (including phenoxy) is 1. The number of carbonyl (C=O) groups is 1. The lowest BCUT2D eigenvalue weighted by Gasteiger charge is -2.19. The fourth-order valence-corrected chi connectivity index (χ4v) is 3.11. The molecule has 0 unspecified atom stereocenters. The predicted octanol–water partition coefficient (Wildman–Crippen LogP) is 1.66. The molecule has 1 aromatic rings. The molecule has 0 saturated heterocycles. The molecule has 0 atom stereocenters. The zero-order valence-corrected chi connectivity index (χ0v) is 12.0. The monoisotopic (exact) mass is 309 g/mol.